The van der Waals surface area contributed by atoms with Crippen LogP contribution in [0.2, 0.25) is 0 Å². The number of ether oxygens (including phenoxy) is 1. The van der Waals surface area contributed by atoms with Gasteiger partial charge in [0.1, 0.15) is 5.75 Å². The number of rotatable bonds is 3. The van der Waals surface area contributed by atoms with Gasteiger partial charge in [0.2, 0.25) is 0 Å². The number of nitrogens with one attached hydrogen (secondary N) is 1. The van der Waals surface area contributed by atoms with Crippen molar-refractivity contribution in [3.8, 4) is 5.75 Å². The van der Waals surface area contributed by atoms with Gasteiger partial charge >= 0.3 is 0 Å². The Balaban J connectivity index is 2.09. The maximum Gasteiger partial charge on any atom is 0.255 e. The third-order valence-electron chi connectivity index (χ3n) is 2.31. The van der Waals surface area contributed by atoms with Crippen LogP contribution < -0.4 is 10.1 Å². The summed E-state index contributed by atoms with van der Waals surface area (Å²) in [5.41, 5.74) is 1.25. The first-order valence-corrected chi connectivity index (χ1v) is 5.22. The average molecular weight is 226 g/mol. The van der Waals surface area contributed by atoms with Gasteiger partial charge in [0.05, 0.1) is 7.11 Å². The van der Waals surface area contributed by atoms with Crippen molar-refractivity contribution in [2.75, 3.05) is 12.4 Å². The molecule has 0 bridgehead atoms. The maximum atomic E-state index is 11.8. The van der Waals surface area contributed by atoms with Crippen molar-refractivity contribution in [3.63, 3.8) is 0 Å². The zero-order valence-electron chi connectivity index (χ0n) is 9.44. The predicted octanol–water partition coefficient (Wildman–Crippen LogP) is 2.75. The number of hydrogen-bond donors (Lipinski definition) is 1. The number of anilines is 1. The van der Waals surface area contributed by atoms with E-state index in [-0.39, 0.29) is 5.91 Å². The second kappa shape index (κ2) is 5.16. The fourth-order valence-corrected chi connectivity index (χ4v) is 1.41. The molecule has 2 aromatic rings. The Morgan fingerprint density at radius 3 is 2.53 bits per heavy atom. The van der Waals surface area contributed by atoms with Gasteiger partial charge in [0.15, 0.2) is 0 Å². The van der Waals surface area contributed by atoms with Gasteiger partial charge in [-0.1, -0.05) is 18.2 Å². The molecule has 0 aliphatic heterocycles. The summed E-state index contributed by atoms with van der Waals surface area (Å²) in [6, 6.07) is 17.1. The quantitative estimate of drug-likeness (QED) is 0.873. The fourth-order valence-electron chi connectivity index (χ4n) is 1.41. The Kier molecular flexibility index (Phi) is 3.40. The standard InChI is InChI=1S/C14H12NO2/c1-17-13-9-7-11(8-10-13)14(16)15-12-5-3-2-4-6-12/h2-5,7-10H,1H3,(H,15,16). The predicted molar refractivity (Wildman–Crippen MR) is 66.2 cm³/mol. The Bertz CT molecular complexity index is 491. The van der Waals surface area contributed by atoms with E-state index in [1.807, 2.05) is 12.1 Å². The van der Waals surface area contributed by atoms with Crippen LogP contribution in [0, 0.1) is 6.07 Å². The number of hydrogen-bond acceptors (Lipinski definition) is 2. The summed E-state index contributed by atoms with van der Waals surface area (Å²) >= 11 is 0. The minimum absolute atomic E-state index is 0.157. The van der Waals surface area contributed by atoms with Gasteiger partial charge in [-0.25, -0.2) is 0 Å². The minimum atomic E-state index is -0.157. The van der Waals surface area contributed by atoms with Crippen molar-refractivity contribution in [2.45, 2.75) is 0 Å². The van der Waals surface area contributed by atoms with E-state index in [1.165, 1.54) is 0 Å². The lowest BCUT2D eigenvalue weighted by atomic mass is 10.2. The molecule has 0 saturated heterocycles. The van der Waals surface area contributed by atoms with Crippen molar-refractivity contribution in [1.29, 1.82) is 0 Å². The lowest BCUT2D eigenvalue weighted by molar-refractivity contribution is 0.102. The highest BCUT2D eigenvalue weighted by Gasteiger charge is 2.05. The highest BCUT2D eigenvalue weighted by molar-refractivity contribution is 6.04. The number of carbonyl (C=O) groups excluding carboxylic acids is 1. The van der Waals surface area contributed by atoms with E-state index in [0.29, 0.717) is 11.3 Å². The Labute approximate surface area is 100 Å². The molecule has 85 valence electrons. The first-order valence-electron chi connectivity index (χ1n) is 5.22. The molecule has 0 fully saturated rings. The second-order valence-corrected chi connectivity index (χ2v) is 3.46. The molecule has 0 aromatic heterocycles. The smallest absolute Gasteiger partial charge is 0.255 e. The third kappa shape index (κ3) is 2.84. The monoisotopic (exact) mass is 226 g/mol. The van der Waals surface area contributed by atoms with Crippen LogP contribution in [-0.4, -0.2) is 13.0 Å². The van der Waals surface area contributed by atoms with Gasteiger partial charge in [-0.3, -0.25) is 4.79 Å². The molecule has 0 atom stereocenters. The largest absolute Gasteiger partial charge is 0.497 e. The van der Waals surface area contributed by atoms with Crippen LogP contribution in [0.25, 0.3) is 0 Å². The number of carbonyl (C=O) groups is 1. The molecule has 0 saturated carbocycles. The summed E-state index contributed by atoms with van der Waals surface area (Å²) in [6.07, 6.45) is 0. The molecule has 17 heavy (non-hydrogen) atoms. The van der Waals surface area contributed by atoms with Crippen LogP contribution in [0.3, 0.4) is 0 Å². The molecule has 3 heteroatoms. The van der Waals surface area contributed by atoms with Crippen LogP contribution in [0.15, 0.2) is 48.5 Å². The Hall–Kier alpha value is -2.29. The molecule has 1 N–H and O–H groups in total. The number of para-hydroxylation sites is 1. The van der Waals surface area contributed by atoms with E-state index >= 15 is 0 Å². The van der Waals surface area contributed by atoms with E-state index in [2.05, 4.69) is 11.4 Å². The molecule has 2 rings (SSSR count). The van der Waals surface area contributed by atoms with Crippen LogP contribution in [0.4, 0.5) is 5.69 Å². The van der Waals surface area contributed by atoms with Crippen molar-refractivity contribution < 1.29 is 9.53 Å². The molecule has 1 radical (unpaired) electrons. The number of methoxy groups -OCH3 is 1. The minimum Gasteiger partial charge on any atom is -0.497 e. The maximum absolute atomic E-state index is 11.8. The molecule has 3 nitrogen and oxygen atoms in total. The van der Waals surface area contributed by atoms with Crippen molar-refractivity contribution in [2.24, 2.45) is 0 Å². The topological polar surface area (TPSA) is 38.3 Å². The molecule has 0 spiro atoms. The van der Waals surface area contributed by atoms with Gasteiger partial charge in [0.25, 0.3) is 5.91 Å². The summed E-state index contributed by atoms with van der Waals surface area (Å²) in [6.45, 7) is 0. The van der Waals surface area contributed by atoms with E-state index in [1.54, 1.807) is 43.5 Å². The van der Waals surface area contributed by atoms with Crippen LogP contribution in [-0.2, 0) is 0 Å². The lowest BCUT2D eigenvalue weighted by Gasteiger charge is -2.05. The number of benzene rings is 2. The number of amides is 1. The molecule has 0 aliphatic rings. The Morgan fingerprint density at radius 2 is 1.94 bits per heavy atom. The molecule has 0 unspecified atom stereocenters. The van der Waals surface area contributed by atoms with Gasteiger partial charge in [-0.2, -0.15) is 0 Å². The van der Waals surface area contributed by atoms with E-state index < -0.39 is 0 Å². The van der Waals surface area contributed by atoms with Crippen LogP contribution in [0.1, 0.15) is 10.4 Å². The van der Waals surface area contributed by atoms with E-state index in [9.17, 15) is 4.79 Å². The highest BCUT2D eigenvalue weighted by atomic mass is 16.5. The van der Waals surface area contributed by atoms with Gasteiger partial charge < -0.3 is 10.1 Å². The van der Waals surface area contributed by atoms with Crippen molar-refractivity contribution in [3.05, 3.63) is 60.2 Å². The third-order valence-corrected chi connectivity index (χ3v) is 2.31. The van der Waals surface area contributed by atoms with E-state index in [4.69, 9.17) is 4.74 Å². The highest BCUT2D eigenvalue weighted by Crippen LogP contribution is 2.13. The van der Waals surface area contributed by atoms with Crippen molar-refractivity contribution >= 4 is 11.6 Å². The zero-order chi connectivity index (χ0) is 12.1. The zero-order valence-corrected chi connectivity index (χ0v) is 9.44. The molecule has 0 aliphatic carbocycles. The normalized spacial score (nSPS) is 9.71. The first-order chi connectivity index (χ1) is 8.29. The summed E-state index contributed by atoms with van der Waals surface area (Å²) in [5.74, 6) is 0.572. The molecule has 0 heterocycles. The van der Waals surface area contributed by atoms with E-state index in [0.717, 1.165) is 5.75 Å². The van der Waals surface area contributed by atoms with Gasteiger partial charge in [-0.15, -0.1) is 0 Å². The molecule has 1 amide bonds. The average Bonchev–Trinajstić information content (AvgIpc) is 2.40. The van der Waals surface area contributed by atoms with Gasteiger partial charge in [0, 0.05) is 17.3 Å². The summed E-state index contributed by atoms with van der Waals surface area (Å²) in [7, 11) is 1.59. The molecular weight excluding hydrogens is 214 g/mol. The van der Waals surface area contributed by atoms with Crippen molar-refractivity contribution in [1.82, 2.24) is 0 Å². The summed E-state index contributed by atoms with van der Waals surface area (Å²) < 4.78 is 5.03. The van der Waals surface area contributed by atoms with Crippen LogP contribution in [0.5, 0.6) is 5.75 Å². The Morgan fingerprint density at radius 1 is 1.18 bits per heavy atom. The fraction of sp³-hybridized carbons (Fsp3) is 0.0714. The molecule has 2 aromatic carbocycles. The first kappa shape index (κ1) is 11.2. The van der Waals surface area contributed by atoms with Crippen LogP contribution >= 0.6 is 0 Å². The summed E-state index contributed by atoms with van der Waals surface area (Å²) in [5, 5.41) is 2.76. The second-order valence-electron chi connectivity index (χ2n) is 3.46. The SMILES string of the molecule is COc1ccc(C(=O)Nc2[c]cccc2)cc1. The summed E-state index contributed by atoms with van der Waals surface area (Å²) in [4.78, 5) is 11.8. The van der Waals surface area contributed by atoms with Gasteiger partial charge in [-0.05, 0) is 30.3 Å². The molecular formula is C14H12NO2. The lowest BCUT2D eigenvalue weighted by Crippen LogP contribution is -2.11.